The summed E-state index contributed by atoms with van der Waals surface area (Å²) in [5, 5.41) is 2.72. The molecule has 6 heteroatoms. The van der Waals surface area contributed by atoms with E-state index >= 15 is 0 Å². The van der Waals surface area contributed by atoms with Crippen LogP contribution in [0.3, 0.4) is 0 Å². The lowest BCUT2D eigenvalue weighted by Crippen LogP contribution is -2.20. The SMILES string of the molecule is Cc1ccc(OCC(=O)Nc2ccc3c(c2)oc(=O)n3C)cc1C. The Bertz CT molecular complexity index is 969. The smallest absolute Gasteiger partial charge is 0.419 e. The molecule has 0 spiro atoms. The van der Waals surface area contributed by atoms with E-state index in [0.29, 0.717) is 22.5 Å². The van der Waals surface area contributed by atoms with Gasteiger partial charge in [-0.2, -0.15) is 0 Å². The van der Waals surface area contributed by atoms with Crippen LogP contribution >= 0.6 is 0 Å². The van der Waals surface area contributed by atoms with Gasteiger partial charge < -0.3 is 14.5 Å². The maximum atomic E-state index is 12.0. The summed E-state index contributed by atoms with van der Waals surface area (Å²) in [6.07, 6.45) is 0. The summed E-state index contributed by atoms with van der Waals surface area (Å²) in [6.45, 7) is 3.91. The van der Waals surface area contributed by atoms with E-state index in [1.807, 2.05) is 32.0 Å². The van der Waals surface area contributed by atoms with Gasteiger partial charge in [-0.15, -0.1) is 0 Å². The third kappa shape index (κ3) is 3.17. The third-order valence-corrected chi connectivity index (χ3v) is 3.92. The van der Waals surface area contributed by atoms with Gasteiger partial charge in [0.25, 0.3) is 5.91 Å². The molecular weight excluding hydrogens is 308 g/mol. The number of amides is 1. The van der Waals surface area contributed by atoms with Gasteiger partial charge in [0, 0.05) is 18.8 Å². The van der Waals surface area contributed by atoms with E-state index in [4.69, 9.17) is 9.15 Å². The van der Waals surface area contributed by atoms with Crippen LogP contribution in [0.2, 0.25) is 0 Å². The van der Waals surface area contributed by atoms with Crippen molar-refractivity contribution in [3.05, 3.63) is 58.1 Å². The molecule has 0 saturated heterocycles. The van der Waals surface area contributed by atoms with Crippen molar-refractivity contribution in [1.82, 2.24) is 4.57 Å². The number of anilines is 1. The van der Waals surface area contributed by atoms with E-state index in [9.17, 15) is 9.59 Å². The number of rotatable bonds is 4. The number of carbonyl (C=O) groups excluding carboxylic acids is 1. The van der Waals surface area contributed by atoms with Crippen LogP contribution in [0.5, 0.6) is 5.75 Å². The number of nitrogens with one attached hydrogen (secondary N) is 1. The fraction of sp³-hybridized carbons (Fsp3) is 0.222. The van der Waals surface area contributed by atoms with E-state index in [1.54, 1.807) is 25.2 Å². The summed E-state index contributed by atoms with van der Waals surface area (Å²) in [7, 11) is 1.63. The van der Waals surface area contributed by atoms with Gasteiger partial charge >= 0.3 is 5.76 Å². The number of aromatic nitrogens is 1. The molecule has 0 bridgehead atoms. The van der Waals surface area contributed by atoms with Crippen LogP contribution in [0.4, 0.5) is 5.69 Å². The molecule has 1 aromatic heterocycles. The zero-order valence-corrected chi connectivity index (χ0v) is 13.8. The predicted molar refractivity (Wildman–Crippen MR) is 91.5 cm³/mol. The molecule has 124 valence electrons. The first-order chi connectivity index (χ1) is 11.4. The quantitative estimate of drug-likeness (QED) is 0.800. The highest BCUT2D eigenvalue weighted by atomic mass is 16.5. The molecule has 24 heavy (non-hydrogen) atoms. The van der Waals surface area contributed by atoms with Gasteiger partial charge in [0.2, 0.25) is 0 Å². The second-order valence-electron chi connectivity index (χ2n) is 5.69. The number of hydrogen-bond donors (Lipinski definition) is 1. The van der Waals surface area contributed by atoms with Crippen LogP contribution in [0.15, 0.2) is 45.6 Å². The standard InChI is InChI=1S/C18H18N2O4/c1-11-4-6-14(8-12(11)2)23-10-17(21)19-13-5-7-15-16(9-13)24-18(22)20(15)3/h4-9H,10H2,1-3H3,(H,19,21). The van der Waals surface area contributed by atoms with Crippen LogP contribution in [0.1, 0.15) is 11.1 Å². The highest BCUT2D eigenvalue weighted by Gasteiger charge is 2.09. The van der Waals surface area contributed by atoms with Crippen LogP contribution in [0, 0.1) is 13.8 Å². The Hall–Kier alpha value is -3.02. The lowest BCUT2D eigenvalue weighted by atomic mass is 10.1. The minimum Gasteiger partial charge on any atom is -0.484 e. The van der Waals surface area contributed by atoms with Crippen molar-refractivity contribution in [1.29, 1.82) is 0 Å². The third-order valence-electron chi connectivity index (χ3n) is 3.92. The molecule has 0 unspecified atom stereocenters. The fourth-order valence-electron chi connectivity index (χ4n) is 2.36. The van der Waals surface area contributed by atoms with Crippen molar-refractivity contribution >= 4 is 22.7 Å². The molecule has 0 atom stereocenters. The highest BCUT2D eigenvalue weighted by Crippen LogP contribution is 2.18. The molecule has 0 aliphatic rings. The van der Waals surface area contributed by atoms with Crippen molar-refractivity contribution in [2.75, 3.05) is 11.9 Å². The summed E-state index contributed by atoms with van der Waals surface area (Å²) < 4.78 is 12.0. The number of nitrogens with zero attached hydrogens (tertiary/aromatic N) is 1. The number of carbonyl (C=O) groups is 1. The minimum atomic E-state index is -0.438. The molecular formula is C18H18N2O4. The second-order valence-corrected chi connectivity index (χ2v) is 5.69. The highest BCUT2D eigenvalue weighted by molar-refractivity contribution is 5.93. The Morgan fingerprint density at radius 3 is 2.71 bits per heavy atom. The maximum absolute atomic E-state index is 12.0. The van der Waals surface area contributed by atoms with Gasteiger partial charge in [-0.25, -0.2) is 4.79 Å². The number of aryl methyl sites for hydroxylation is 3. The molecule has 0 aliphatic heterocycles. The number of hydrogen-bond acceptors (Lipinski definition) is 4. The maximum Gasteiger partial charge on any atom is 0.419 e. The van der Waals surface area contributed by atoms with Crippen LogP contribution in [-0.2, 0) is 11.8 Å². The molecule has 3 rings (SSSR count). The minimum absolute atomic E-state index is 0.0979. The number of benzene rings is 2. The summed E-state index contributed by atoms with van der Waals surface area (Å²) in [5.74, 6) is -0.0739. The Kier molecular flexibility index (Phi) is 4.12. The molecule has 2 aromatic carbocycles. The zero-order chi connectivity index (χ0) is 17.3. The number of oxazole rings is 1. The first-order valence-electron chi connectivity index (χ1n) is 7.53. The monoisotopic (exact) mass is 326 g/mol. The molecule has 1 amide bonds. The van der Waals surface area contributed by atoms with Gasteiger partial charge in [0.1, 0.15) is 5.75 Å². The van der Waals surface area contributed by atoms with Crippen LogP contribution in [0.25, 0.3) is 11.1 Å². The summed E-state index contributed by atoms with van der Waals surface area (Å²) in [6, 6.07) is 10.7. The van der Waals surface area contributed by atoms with Crippen molar-refractivity contribution in [3.63, 3.8) is 0 Å². The van der Waals surface area contributed by atoms with Gasteiger partial charge in [-0.3, -0.25) is 9.36 Å². The Morgan fingerprint density at radius 1 is 1.17 bits per heavy atom. The zero-order valence-electron chi connectivity index (χ0n) is 13.8. The Balaban J connectivity index is 1.66. The van der Waals surface area contributed by atoms with Crippen LogP contribution in [-0.4, -0.2) is 17.1 Å². The molecule has 0 fully saturated rings. The Morgan fingerprint density at radius 2 is 1.96 bits per heavy atom. The van der Waals surface area contributed by atoms with Gasteiger partial charge in [0.15, 0.2) is 12.2 Å². The van der Waals surface area contributed by atoms with Crippen molar-refractivity contribution in [2.45, 2.75) is 13.8 Å². The summed E-state index contributed by atoms with van der Waals surface area (Å²) in [4.78, 5) is 23.5. The van der Waals surface area contributed by atoms with Crippen molar-refractivity contribution in [3.8, 4) is 5.75 Å². The average molecular weight is 326 g/mol. The molecule has 1 N–H and O–H groups in total. The second kappa shape index (κ2) is 6.23. The van der Waals surface area contributed by atoms with Gasteiger partial charge in [0.05, 0.1) is 5.52 Å². The lowest BCUT2D eigenvalue weighted by Gasteiger charge is -2.09. The summed E-state index contributed by atoms with van der Waals surface area (Å²) in [5.41, 5.74) is 3.92. The molecule has 0 saturated carbocycles. The van der Waals surface area contributed by atoms with E-state index < -0.39 is 5.76 Å². The molecule has 1 heterocycles. The van der Waals surface area contributed by atoms with Crippen LogP contribution < -0.4 is 15.8 Å². The molecule has 0 radical (unpaired) electrons. The lowest BCUT2D eigenvalue weighted by molar-refractivity contribution is -0.118. The topological polar surface area (TPSA) is 73.5 Å². The van der Waals surface area contributed by atoms with E-state index in [2.05, 4.69) is 5.32 Å². The molecule has 3 aromatic rings. The largest absolute Gasteiger partial charge is 0.484 e. The summed E-state index contributed by atoms with van der Waals surface area (Å²) >= 11 is 0. The molecule has 6 nitrogen and oxygen atoms in total. The van der Waals surface area contributed by atoms with E-state index in [1.165, 1.54) is 10.1 Å². The van der Waals surface area contributed by atoms with Gasteiger partial charge in [-0.05, 0) is 49.2 Å². The normalized spacial score (nSPS) is 10.8. The first-order valence-corrected chi connectivity index (χ1v) is 7.53. The first kappa shape index (κ1) is 15.9. The van der Waals surface area contributed by atoms with E-state index in [0.717, 1.165) is 5.56 Å². The Labute approximate surface area is 138 Å². The number of fused-ring (bicyclic) bond motifs is 1. The van der Waals surface area contributed by atoms with E-state index in [-0.39, 0.29) is 12.5 Å². The fourth-order valence-corrected chi connectivity index (χ4v) is 2.36. The van der Waals surface area contributed by atoms with Crippen molar-refractivity contribution in [2.24, 2.45) is 7.05 Å². The average Bonchev–Trinajstić information content (AvgIpc) is 2.83. The number of ether oxygens (including phenoxy) is 1. The predicted octanol–water partition coefficient (Wildman–Crippen LogP) is 2.77. The molecule has 0 aliphatic carbocycles. The van der Waals surface area contributed by atoms with Crippen molar-refractivity contribution < 1.29 is 13.9 Å². The van der Waals surface area contributed by atoms with Gasteiger partial charge in [-0.1, -0.05) is 6.07 Å².